The van der Waals surface area contributed by atoms with Gasteiger partial charge in [-0.1, -0.05) is 12.2 Å². The van der Waals surface area contributed by atoms with Crippen LogP contribution in [-0.2, 0) is 0 Å². The van der Waals surface area contributed by atoms with Gasteiger partial charge in [-0.05, 0) is 51.6 Å². The largest absolute Gasteiger partial charge is 0.302 e. The van der Waals surface area contributed by atoms with Crippen molar-refractivity contribution in [2.45, 2.75) is 44.9 Å². The van der Waals surface area contributed by atoms with Gasteiger partial charge in [0.2, 0.25) is 0 Å². The fourth-order valence-corrected chi connectivity index (χ4v) is 1.79. The summed E-state index contributed by atoms with van der Waals surface area (Å²) in [4.78, 5) is 2.41. The topological polar surface area (TPSA) is 27.0 Å². The summed E-state index contributed by atoms with van der Waals surface area (Å²) in [5.41, 5.74) is 0. The van der Waals surface area contributed by atoms with E-state index in [9.17, 15) is 0 Å². The average molecular weight is 234 g/mol. The van der Waals surface area contributed by atoms with Gasteiger partial charge < -0.3 is 4.90 Å². The normalized spacial score (nSPS) is 10.1. The molecule has 0 atom stereocenters. The lowest BCUT2D eigenvalue weighted by molar-refractivity contribution is 0.269. The lowest BCUT2D eigenvalue weighted by Crippen LogP contribution is -2.27. The van der Waals surface area contributed by atoms with Crippen LogP contribution in [0.25, 0.3) is 0 Å². The van der Waals surface area contributed by atoms with Gasteiger partial charge in [0.25, 0.3) is 0 Å². The molecule has 96 valence electrons. The number of hydrogen-bond donors (Lipinski definition) is 0. The van der Waals surface area contributed by atoms with Crippen molar-refractivity contribution in [3.63, 3.8) is 0 Å². The van der Waals surface area contributed by atoms with Crippen molar-refractivity contribution in [3.05, 3.63) is 25.3 Å². The summed E-state index contributed by atoms with van der Waals surface area (Å²) >= 11 is 0. The third-order valence-corrected chi connectivity index (χ3v) is 2.81. The highest BCUT2D eigenvalue weighted by Crippen LogP contribution is 2.04. The Morgan fingerprint density at radius 3 is 1.82 bits per heavy atom. The Morgan fingerprint density at radius 2 is 1.41 bits per heavy atom. The number of nitrogens with zero attached hydrogens (tertiary/aromatic N) is 2. The Hall–Kier alpha value is -1.07. The van der Waals surface area contributed by atoms with Gasteiger partial charge in [-0.2, -0.15) is 5.26 Å². The molecule has 0 aromatic carbocycles. The summed E-state index contributed by atoms with van der Waals surface area (Å²) in [6, 6.07) is 2.23. The lowest BCUT2D eigenvalue weighted by atomic mass is 10.2. The molecule has 0 rings (SSSR count). The van der Waals surface area contributed by atoms with Crippen LogP contribution < -0.4 is 0 Å². The Bertz CT molecular complexity index is 212. The van der Waals surface area contributed by atoms with Gasteiger partial charge in [-0.3, -0.25) is 0 Å². The highest BCUT2D eigenvalue weighted by molar-refractivity contribution is 4.73. The molecule has 0 aromatic rings. The van der Waals surface area contributed by atoms with E-state index in [2.05, 4.69) is 24.1 Å². The molecule has 0 bridgehead atoms. The van der Waals surface area contributed by atoms with Crippen LogP contribution in [0.1, 0.15) is 44.9 Å². The molecule has 0 aliphatic heterocycles. The minimum absolute atomic E-state index is 0.642. The van der Waals surface area contributed by atoms with Crippen LogP contribution in [0.4, 0.5) is 0 Å². The molecule has 0 N–H and O–H groups in total. The third-order valence-electron chi connectivity index (χ3n) is 2.81. The number of unbranched alkanes of at least 4 members (excludes halogenated alkanes) is 4. The highest BCUT2D eigenvalue weighted by Gasteiger charge is 2.03. The number of rotatable bonds is 12. The van der Waals surface area contributed by atoms with Crippen LogP contribution in [0.5, 0.6) is 0 Å². The van der Waals surface area contributed by atoms with E-state index in [0.717, 1.165) is 32.5 Å². The Labute approximate surface area is 107 Å². The molecule has 0 heterocycles. The minimum atomic E-state index is 0.642. The predicted molar refractivity (Wildman–Crippen MR) is 74.8 cm³/mol. The molecule has 0 amide bonds. The average Bonchev–Trinajstić information content (AvgIpc) is 2.35. The molecular weight excluding hydrogens is 208 g/mol. The van der Waals surface area contributed by atoms with Crippen LogP contribution in [0.3, 0.4) is 0 Å². The predicted octanol–water partition coefficient (Wildman–Crippen LogP) is 3.91. The molecule has 0 aliphatic rings. The Kier molecular flexibility index (Phi) is 12.2. The lowest BCUT2D eigenvalue weighted by Gasteiger charge is -2.20. The van der Waals surface area contributed by atoms with E-state index in [-0.39, 0.29) is 0 Å². The summed E-state index contributed by atoms with van der Waals surface area (Å²) in [5, 5.41) is 8.63. The zero-order valence-corrected chi connectivity index (χ0v) is 11.0. The molecular formula is C15H26N2. The molecule has 0 saturated carbocycles. The van der Waals surface area contributed by atoms with E-state index >= 15 is 0 Å². The molecule has 0 fully saturated rings. The monoisotopic (exact) mass is 234 g/mol. The molecule has 0 aliphatic carbocycles. The Balaban J connectivity index is 3.67. The molecule has 2 nitrogen and oxygen atoms in total. The second kappa shape index (κ2) is 13.0. The number of allylic oxidation sites excluding steroid dienone is 2. The van der Waals surface area contributed by atoms with Crippen molar-refractivity contribution in [1.29, 1.82) is 5.26 Å². The zero-order valence-electron chi connectivity index (χ0n) is 11.0. The van der Waals surface area contributed by atoms with Gasteiger partial charge in [0, 0.05) is 13.0 Å². The molecule has 0 spiro atoms. The molecule has 0 radical (unpaired) electrons. The first kappa shape index (κ1) is 15.9. The van der Waals surface area contributed by atoms with Crippen molar-refractivity contribution < 1.29 is 0 Å². The maximum absolute atomic E-state index is 8.63. The standard InChI is InChI=1S/C15H26N2/c1-3-5-7-9-13-17(15-11-12-16)14-10-8-6-4-2/h3-4H,1-2,5-11,13-15H2. The molecule has 0 unspecified atom stereocenters. The van der Waals surface area contributed by atoms with Gasteiger partial charge in [0.15, 0.2) is 0 Å². The van der Waals surface area contributed by atoms with Crippen molar-refractivity contribution in [2.75, 3.05) is 19.6 Å². The Morgan fingerprint density at radius 1 is 0.882 bits per heavy atom. The van der Waals surface area contributed by atoms with E-state index in [1.165, 1.54) is 25.7 Å². The van der Waals surface area contributed by atoms with Crippen LogP contribution in [0, 0.1) is 11.3 Å². The van der Waals surface area contributed by atoms with Crippen LogP contribution >= 0.6 is 0 Å². The second-order valence-electron chi connectivity index (χ2n) is 4.32. The van der Waals surface area contributed by atoms with E-state index in [4.69, 9.17) is 5.26 Å². The maximum atomic E-state index is 8.63. The molecule has 2 heteroatoms. The van der Waals surface area contributed by atoms with Gasteiger partial charge in [-0.15, -0.1) is 13.2 Å². The summed E-state index contributed by atoms with van der Waals surface area (Å²) in [5.74, 6) is 0. The number of hydrogen-bond acceptors (Lipinski definition) is 2. The van der Waals surface area contributed by atoms with Gasteiger partial charge in [0.1, 0.15) is 0 Å². The third kappa shape index (κ3) is 11.2. The van der Waals surface area contributed by atoms with Crippen molar-refractivity contribution in [1.82, 2.24) is 4.90 Å². The molecule has 17 heavy (non-hydrogen) atoms. The minimum Gasteiger partial charge on any atom is -0.302 e. The van der Waals surface area contributed by atoms with E-state index in [1.807, 2.05) is 12.2 Å². The maximum Gasteiger partial charge on any atom is 0.0635 e. The SMILES string of the molecule is C=CCCCCN(CCC#N)CCCCC=C. The first-order valence-corrected chi connectivity index (χ1v) is 6.66. The summed E-state index contributed by atoms with van der Waals surface area (Å²) in [7, 11) is 0. The van der Waals surface area contributed by atoms with E-state index in [0.29, 0.717) is 6.42 Å². The highest BCUT2D eigenvalue weighted by atomic mass is 15.1. The summed E-state index contributed by atoms with van der Waals surface area (Å²) in [6.07, 6.45) is 11.6. The summed E-state index contributed by atoms with van der Waals surface area (Å²) < 4.78 is 0. The van der Waals surface area contributed by atoms with Gasteiger partial charge in [-0.25, -0.2) is 0 Å². The fourth-order valence-electron chi connectivity index (χ4n) is 1.79. The van der Waals surface area contributed by atoms with Gasteiger partial charge in [0.05, 0.1) is 6.07 Å². The van der Waals surface area contributed by atoms with Crippen LogP contribution in [0.15, 0.2) is 25.3 Å². The van der Waals surface area contributed by atoms with Crippen molar-refractivity contribution in [2.24, 2.45) is 0 Å². The molecule has 0 aromatic heterocycles. The van der Waals surface area contributed by atoms with Gasteiger partial charge >= 0.3 is 0 Å². The van der Waals surface area contributed by atoms with Crippen molar-refractivity contribution in [3.8, 4) is 6.07 Å². The number of nitriles is 1. The first-order chi connectivity index (χ1) is 8.35. The smallest absolute Gasteiger partial charge is 0.0635 e. The van der Waals surface area contributed by atoms with Crippen LogP contribution in [0.2, 0.25) is 0 Å². The summed E-state index contributed by atoms with van der Waals surface area (Å²) in [6.45, 7) is 10.6. The molecule has 0 saturated heterocycles. The zero-order chi connectivity index (χ0) is 12.8. The second-order valence-corrected chi connectivity index (χ2v) is 4.32. The van der Waals surface area contributed by atoms with Crippen molar-refractivity contribution >= 4 is 0 Å². The van der Waals surface area contributed by atoms with E-state index in [1.54, 1.807) is 0 Å². The van der Waals surface area contributed by atoms with Crippen LogP contribution in [-0.4, -0.2) is 24.5 Å². The quantitative estimate of drug-likeness (QED) is 0.378. The van der Waals surface area contributed by atoms with E-state index < -0.39 is 0 Å². The first-order valence-electron chi connectivity index (χ1n) is 6.66. The fraction of sp³-hybridized carbons (Fsp3) is 0.667.